The highest BCUT2D eigenvalue weighted by Crippen LogP contribution is 2.15. The molecule has 3 aromatic rings. The Kier molecular flexibility index (Phi) is 2.91. The van der Waals surface area contributed by atoms with E-state index in [-0.39, 0.29) is 18.0 Å². The predicted molar refractivity (Wildman–Crippen MR) is 72.2 cm³/mol. The summed E-state index contributed by atoms with van der Waals surface area (Å²) in [4.78, 5) is 17.3. The molecule has 0 aliphatic rings. The minimum atomic E-state index is -0.380. The van der Waals surface area contributed by atoms with Crippen LogP contribution in [-0.4, -0.2) is 15.2 Å². The number of benzene rings is 1. The van der Waals surface area contributed by atoms with Gasteiger partial charge in [0, 0.05) is 23.3 Å². The van der Waals surface area contributed by atoms with E-state index < -0.39 is 0 Å². The lowest BCUT2D eigenvalue weighted by Gasteiger charge is -2.01. The Morgan fingerprint density at radius 1 is 1.42 bits per heavy atom. The van der Waals surface area contributed by atoms with E-state index in [0.29, 0.717) is 11.3 Å². The van der Waals surface area contributed by atoms with Crippen molar-refractivity contribution in [1.82, 2.24) is 9.38 Å². The lowest BCUT2D eigenvalue weighted by Crippen LogP contribution is -2.04. The molecule has 0 bridgehead atoms. The second-order valence-electron chi connectivity index (χ2n) is 4.44. The third-order valence-electron chi connectivity index (χ3n) is 2.85. The molecule has 0 saturated carbocycles. The standard InChI is InChI=1S/C14H11FN2OS/c1-9-4-10(6-11(15)5-9)13(18)7-12-8-17-2-3-19-14(17)16-12/h2-6,8H,7H2,1H3. The highest BCUT2D eigenvalue weighted by molar-refractivity contribution is 7.15. The number of hydrogen-bond acceptors (Lipinski definition) is 3. The fourth-order valence-corrected chi connectivity index (χ4v) is 2.74. The van der Waals surface area contributed by atoms with Gasteiger partial charge >= 0.3 is 0 Å². The molecule has 19 heavy (non-hydrogen) atoms. The van der Waals surface area contributed by atoms with Gasteiger partial charge in [0.15, 0.2) is 10.7 Å². The first kappa shape index (κ1) is 12.0. The van der Waals surface area contributed by atoms with Crippen LogP contribution in [0.5, 0.6) is 0 Å². The number of carbonyl (C=O) groups excluding carboxylic acids is 1. The van der Waals surface area contributed by atoms with Gasteiger partial charge < -0.3 is 0 Å². The minimum Gasteiger partial charge on any atom is -0.297 e. The van der Waals surface area contributed by atoms with Crippen LogP contribution >= 0.6 is 11.3 Å². The van der Waals surface area contributed by atoms with Crippen LogP contribution in [0.1, 0.15) is 21.6 Å². The molecule has 0 radical (unpaired) electrons. The first-order chi connectivity index (χ1) is 9.11. The number of rotatable bonds is 3. The van der Waals surface area contributed by atoms with E-state index >= 15 is 0 Å². The van der Waals surface area contributed by atoms with Crippen molar-refractivity contribution in [1.29, 1.82) is 0 Å². The monoisotopic (exact) mass is 274 g/mol. The molecular formula is C14H11FN2OS. The van der Waals surface area contributed by atoms with Crippen molar-refractivity contribution in [2.24, 2.45) is 0 Å². The Balaban J connectivity index is 1.86. The van der Waals surface area contributed by atoms with Crippen LogP contribution < -0.4 is 0 Å². The summed E-state index contributed by atoms with van der Waals surface area (Å²) in [5.41, 5.74) is 1.85. The maximum atomic E-state index is 13.3. The summed E-state index contributed by atoms with van der Waals surface area (Å²) in [7, 11) is 0. The van der Waals surface area contributed by atoms with Gasteiger partial charge in [0.25, 0.3) is 0 Å². The van der Waals surface area contributed by atoms with Gasteiger partial charge in [0.05, 0.1) is 12.1 Å². The first-order valence-electron chi connectivity index (χ1n) is 5.83. The Morgan fingerprint density at radius 2 is 2.26 bits per heavy atom. The quantitative estimate of drug-likeness (QED) is 0.687. The number of hydrogen-bond donors (Lipinski definition) is 0. The Bertz CT molecular complexity index is 711. The second-order valence-corrected chi connectivity index (χ2v) is 5.32. The van der Waals surface area contributed by atoms with Crippen LogP contribution in [-0.2, 0) is 6.42 Å². The van der Waals surface area contributed by atoms with Crippen molar-refractivity contribution < 1.29 is 9.18 Å². The van der Waals surface area contributed by atoms with E-state index in [1.54, 1.807) is 13.0 Å². The summed E-state index contributed by atoms with van der Waals surface area (Å²) >= 11 is 1.52. The lowest BCUT2D eigenvalue weighted by molar-refractivity contribution is 0.0991. The fourth-order valence-electron chi connectivity index (χ4n) is 2.03. The zero-order valence-electron chi connectivity index (χ0n) is 10.3. The number of aromatic nitrogens is 2. The Labute approximate surface area is 113 Å². The average Bonchev–Trinajstić information content (AvgIpc) is 2.88. The maximum Gasteiger partial charge on any atom is 0.193 e. The molecule has 96 valence electrons. The number of carbonyl (C=O) groups is 1. The van der Waals surface area contributed by atoms with Crippen LogP contribution in [0.3, 0.4) is 0 Å². The molecule has 2 aromatic heterocycles. The van der Waals surface area contributed by atoms with Gasteiger partial charge in [-0.3, -0.25) is 9.20 Å². The topological polar surface area (TPSA) is 34.4 Å². The molecule has 0 amide bonds. The van der Waals surface area contributed by atoms with Crippen molar-refractivity contribution in [3.63, 3.8) is 0 Å². The summed E-state index contributed by atoms with van der Waals surface area (Å²) < 4.78 is 15.2. The minimum absolute atomic E-state index is 0.117. The van der Waals surface area contributed by atoms with Crippen molar-refractivity contribution in [2.75, 3.05) is 0 Å². The van der Waals surface area contributed by atoms with Crippen LogP contribution in [0.15, 0.2) is 36.0 Å². The van der Waals surface area contributed by atoms with Gasteiger partial charge in [0.1, 0.15) is 5.82 Å². The molecule has 0 aliphatic carbocycles. The number of halogens is 1. The Hall–Kier alpha value is -2.01. The fraction of sp³-hybridized carbons (Fsp3) is 0.143. The van der Waals surface area contributed by atoms with E-state index in [0.717, 1.165) is 10.5 Å². The first-order valence-corrected chi connectivity index (χ1v) is 6.71. The second kappa shape index (κ2) is 4.59. The van der Waals surface area contributed by atoms with Crippen LogP contribution in [0.25, 0.3) is 4.96 Å². The molecule has 0 spiro atoms. The van der Waals surface area contributed by atoms with Gasteiger partial charge in [-0.25, -0.2) is 9.37 Å². The van der Waals surface area contributed by atoms with Gasteiger partial charge in [-0.05, 0) is 30.7 Å². The molecule has 0 atom stereocenters. The van der Waals surface area contributed by atoms with E-state index in [4.69, 9.17) is 0 Å². The number of ketones is 1. The number of thiazole rings is 1. The lowest BCUT2D eigenvalue weighted by atomic mass is 10.0. The molecule has 1 aromatic carbocycles. The van der Waals surface area contributed by atoms with Crippen molar-refractivity contribution >= 4 is 22.1 Å². The van der Waals surface area contributed by atoms with Crippen molar-refractivity contribution in [2.45, 2.75) is 13.3 Å². The van der Waals surface area contributed by atoms with E-state index in [1.165, 1.54) is 23.5 Å². The van der Waals surface area contributed by atoms with Gasteiger partial charge in [0.2, 0.25) is 0 Å². The van der Waals surface area contributed by atoms with Gasteiger partial charge in [-0.1, -0.05) is 0 Å². The average molecular weight is 274 g/mol. The molecular weight excluding hydrogens is 263 g/mol. The number of imidazole rings is 1. The molecule has 3 rings (SSSR count). The molecule has 0 saturated heterocycles. The molecule has 3 nitrogen and oxygen atoms in total. The highest BCUT2D eigenvalue weighted by atomic mass is 32.1. The van der Waals surface area contributed by atoms with Gasteiger partial charge in [-0.2, -0.15) is 0 Å². The summed E-state index contributed by atoms with van der Waals surface area (Å²) in [5, 5.41) is 1.93. The molecule has 2 heterocycles. The number of fused-ring (bicyclic) bond motifs is 1. The van der Waals surface area contributed by atoms with Crippen molar-refractivity contribution in [3.8, 4) is 0 Å². The predicted octanol–water partition coefficient (Wildman–Crippen LogP) is 3.27. The summed E-state index contributed by atoms with van der Waals surface area (Å²) in [6.45, 7) is 1.77. The van der Waals surface area contributed by atoms with E-state index in [2.05, 4.69) is 4.98 Å². The third-order valence-corrected chi connectivity index (χ3v) is 3.62. The van der Waals surface area contributed by atoms with Crippen LogP contribution in [0.4, 0.5) is 4.39 Å². The Morgan fingerprint density at radius 3 is 3.00 bits per heavy atom. The number of nitrogens with zero attached hydrogens (tertiary/aromatic N) is 2. The molecule has 0 unspecified atom stereocenters. The third kappa shape index (κ3) is 2.42. The van der Waals surface area contributed by atoms with Crippen LogP contribution in [0, 0.1) is 12.7 Å². The summed E-state index contributed by atoms with van der Waals surface area (Å²) in [5.74, 6) is -0.498. The van der Waals surface area contributed by atoms with Crippen LogP contribution in [0.2, 0.25) is 0 Å². The summed E-state index contributed by atoms with van der Waals surface area (Å²) in [6.07, 6.45) is 3.92. The SMILES string of the molecule is Cc1cc(F)cc(C(=O)Cc2cn3ccsc3n2)c1. The highest BCUT2D eigenvalue weighted by Gasteiger charge is 2.12. The van der Waals surface area contributed by atoms with Crippen molar-refractivity contribution in [3.05, 3.63) is 58.6 Å². The molecule has 5 heteroatoms. The molecule has 0 fully saturated rings. The number of Topliss-reactive ketones (excluding diaryl/α,β-unsaturated/α-hetero) is 1. The largest absolute Gasteiger partial charge is 0.297 e. The number of aryl methyl sites for hydroxylation is 1. The zero-order chi connectivity index (χ0) is 13.4. The smallest absolute Gasteiger partial charge is 0.193 e. The summed E-state index contributed by atoms with van der Waals surface area (Å²) in [6, 6.07) is 4.38. The normalized spacial score (nSPS) is 11.1. The maximum absolute atomic E-state index is 13.3. The van der Waals surface area contributed by atoms with E-state index in [9.17, 15) is 9.18 Å². The van der Waals surface area contributed by atoms with E-state index in [1.807, 2.05) is 22.2 Å². The van der Waals surface area contributed by atoms with Gasteiger partial charge in [-0.15, -0.1) is 11.3 Å². The zero-order valence-corrected chi connectivity index (χ0v) is 11.1. The molecule has 0 N–H and O–H groups in total. The molecule has 0 aliphatic heterocycles.